The van der Waals surface area contributed by atoms with Crippen LogP contribution in [-0.4, -0.2) is 54.4 Å². The zero-order valence-corrected chi connectivity index (χ0v) is 12.3. The second-order valence-corrected chi connectivity index (χ2v) is 5.84. The van der Waals surface area contributed by atoms with Gasteiger partial charge in [0.1, 0.15) is 5.41 Å². The van der Waals surface area contributed by atoms with E-state index in [9.17, 15) is 14.7 Å². The molecule has 3 unspecified atom stereocenters. The summed E-state index contributed by atoms with van der Waals surface area (Å²) in [7, 11) is 1.72. The van der Waals surface area contributed by atoms with Crippen molar-refractivity contribution in [3.05, 3.63) is 0 Å². The third-order valence-electron chi connectivity index (χ3n) is 4.14. The van der Waals surface area contributed by atoms with E-state index in [1.807, 2.05) is 20.8 Å². The Labute approximate surface area is 114 Å². The molecule has 6 heteroatoms. The fourth-order valence-corrected chi connectivity index (χ4v) is 1.97. The Morgan fingerprint density at radius 2 is 2.00 bits per heavy atom. The Balaban J connectivity index is 2.69. The highest BCUT2D eigenvalue weighted by molar-refractivity contribution is 5.79. The maximum atomic E-state index is 12.1. The number of hydrogen-bond acceptors (Lipinski definition) is 3. The summed E-state index contributed by atoms with van der Waals surface area (Å²) in [5.41, 5.74) is -1.06. The maximum Gasteiger partial charge on any atom is 0.317 e. The molecule has 0 aromatic carbocycles. The van der Waals surface area contributed by atoms with Gasteiger partial charge < -0.3 is 20.1 Å². The van der Waals surface area contributed by atoms with Crippen LogP contribution in [0.15, 0.2) is 0 Å². The minimum absolute atomic E-state index is 0.0819. The Kier molecular flexibility index (Phi) is 4.79. The lowest BCUT2D eigenvalue weighted by Crippen LogP contribution is -2.54. The standard InChI is InChI=1S/C13H24N2O4/c1-8(2)9(3)15(5)12(18)14-10-6-19-7-13(10,4)11(16)17/h8-10H,6-7H2,1-5H3,(H,14,18)(H,16,17). The Morgan fingerprint density at radius 1 is 1.42 bits per heavy atom. The Bertz CT molecular complexity index is 359. The topological polar surface area (TPSA) is 78.9 Å². The Hall–Kier alpha value is -1.30. The molecular weight excluding hydrogens is 248 g/mol. The second kappa shape index (κ2) is 5.77. The molecule has 2 N–H and O–H groups in total. The van der Waals surface area contributed by atoms with Gasteiger partial charge in [0.25, 0.3) is 0 Å². The van der Waals surface area contributed by atoms with E-state index < -0.39 is 17.4 Å². The molecule has 19 heavy (non-hydrogen) atoms. The third kappa shape index (κ3) is 3.18. The highest BCUT2D eigenvalue weighted by Gasteiger charge is 2.47. The van der Waals surface area contributed by atoms with Crippen molar-refractivity contribution in [2.24, 2.45) is 11.3 Å². The van der Waals surface area contributed by atoms with Gasteiger partial charge in [-0.15, -0.1) is 0 Å². The number of amides is 2. The number of ether oxygens (including phenoxy) is 1. The minimum Gasteiger partial charge on any atom is -0.481 e. The number of carboxylic acids is 1. The molecular formula is C13H24N2O4. The van der Waals surface area contributed by atoms with E-state index in [4.69, 9.17) is 4.74 Å². The van der Waals surface area contributed by atoms with Crippen molar-refractivity contribution < 1.29 is 19.4 Å². The molecule has 0 radical (unpaired) electrons. The molecule has 110 valence electrons. The summed E-state index contributed by atoms with van der Waals surface area (Å²) >= 11 is 0. The molecule has 1 fully saturated rings. The zero-order chi connectivity index (χ0) is 14.8. The normalized spacial score (nSPS) is 28.2. The molecule has 1 saturated heterocycles. The number of rotatable bonds is 4. The van der Waals surface area contributed by atoms with Gasteiger partial charge >= 0.3 is 12.0 Å². The van der Waals surface area contributed by atoms with Crippen LogP contribution in [0.2, 0.25) is 0 Å². The summed E-state index contributed by atoms with van der Waals surface area (Å²) in [4.78, 5) is 25.0. The average molecular weight is 272 g/mol. The highest BCUT2D eigenvalue weighted by Crippen LogP contribution is 2.28. The van der Waals surface area contributed by atoms with Gasteiger partial charge in [0, 0.05) is 13.1 Å². The Morgan fingerprint density at radius 3 is 2.47 bits per heavy atom. The predicted molar refractivity (Wildman–Crippen MR) is 70.9 cm³/mol. The number of nitrogens with one attached hydrogen (secondary N) is 1. The molecule has 2 amide bonds. The average Bonchev–Trinajstić information content (AvgIpc) is 2.70. The van der Waals surface area contributed by atoms with Crippen molar-refractivity contribution in [3.8, 4) is 0 Å². The number of nitrogens with zero attached hydrogens (tertiary/aromatic N) is 1. The van der Waals surface area contributed by atoms with Gasteiger partial charge in [0.05, 0.1) is 19.3 Å². The zero-order valence-electron chi connectivity index (χ0n) is 12.3. The highest BCUT2D eigenvalue weighted by atomic mass is 16.5. The molecule has 0 saturated carbocycles. The monoisotopic (exact) mass is 272 g/mol. The first kappa shape index (κ1) is 15.8. The van der Waals surface area contributed by atoms with E-state index in [2.05, 4.69) is 5.32 Å². The summed E-state index contributed by atoms with van der Waals surface area (Å²) in [6.07, 6.45) is 0. The van der Waals surface area contributed by atoms with Gasteiger partial charge in [0.15, 0.2) is 0 Å². The summed E-state index contributed by atoms with van der Waals surface area (Å²) in [5, 5.41) is 12.0. The first-order valence-electron chi connectivity index (χ1n) is 6.54. The first-order chi connectivity index (χ1) is 8.70. The van der Waals surface area contributed by atoms with Crippen molar-refractivity contribution in [1.82, 2.24) is 10.2 Å². The summed E-state index contributed by atoms with van der Waals surface area (Å²) in [6, 6.07) is -0.679. The summed E-state index contributed by atoms with van der Waals surface area (Å²) in [6.45, 7) is 7.99. The van der Waals surface area contributed by atoms with Gasteiger partial charge in [-0.05, 0) is 19.8 Å². The van der Waals surface area contributed by atoms with Crippen LogP contribution in [-0.2, 0) is 9.53 Å². The second-order valence-electron chi connectivity index (χ2n) is 5.84. The fraction of sp³-hybridized carbons (Fsp3) is 0.846. The smallest absolute Gasteiger partial charge is 0.317 e. The van der Waals surface area contributed by atoms with Crippen LogP contribution in [0.5, 0.6) is 0 Å². The molecule has 1 rings (SSSR count). The van der Waals surface area contributed by atoms with E-state index in [1.165, 1.54) is 0 Å². The van der Waals surface area contributed by atoms with Crippen molar-refractivity contribution in [3.63, 3.8) is 0 Å². The van der Waals surface area contributed by atoms with E-state index in [-0.39, 0.29) is 25.3 Å². The van der Waals surface area contributed by atoms with Gasteiger partial charge in [-0.2, -0.15) is 0 Å². The lowest BCUT2D eigenvalue weighted by molar-refractivity contribution is -0.148. The molecule has 0 bridgehead atoms. The fourth-order valence-electron chi connectivity index (χ4n) is 1.97. The van der Waals surface area contributed by atoms with E-state index in [1.54, 1.807) is 18.9 Å². The summed E-state index contributed by atoms with van der Waals surface area (Å²) in [5.74, 6) is -0.615. The number of urea groups is 1. The van der Waals surface area contributed by atoms with Crippen LogP contribution in [0.1, 0.15) is 27.7 Å². The van der Waals surface area contributed by atoms with Crippen molar-refractivity contribution in [2.45, 2.75) is 39.8 Å². The lowest BCUT2D eigenvalue weighted by Gasteiger charge is -2.32. The third-order valence-corrected chi connectivity index (χ3v) is 4.14. The van der Waals surface area contributed by atoms with Gasteiger partial charge in [-0.1, -0.05) is 13.8 Å². The molecule has 3 atom stereocenters. The molecule has 0 aromatic rings. The van der Waals surface area contributed by atoms with E-state index >= 15 is 0 Å². The lowest BCUT2D eigenvalue weighted by atomic mass is 9.85. The molecule has 1 heterocycles. The number of carboxylic acid groups (broad SMARTS) is 1. The van der Waals surface area contributed by atoms with Crippen LogP contribution >= 0.6 is 0 Å². The number of aliphatic carboxylic acids is 1. The van der Waals surface area contributed by atoms with Crippen LogP contribution in [0.25, 0.3) is 0 Å². The predicted octanol–water partition coefficient (Wildman–Crippen LogP) is 1.16. The number of hydrogen-bond donors (Lipinski definition) is 2. The maximum absolute atomic E-state index is 12.1. The van der Waals surface area contributed by atoms with Gasteiger partial charge in [-0.3, -0.25) is 4.79 Å². The molecule has 0 spiro atoms. The number of carbonyl (C=O) groups excluding carboxylic acids is 1. The quantitative estimate of drug-likeness (QED) is 0.805. The number of carbonyl (C=O) groups is 2. The van der Waals surface area contributed by atoms with Gasteiger partial charge in [-0.25, -0.2) is 4.79 Å². The molecule has 1 aliphatic heterocycles. The van der Waals surface area contributed by atoms with Gasteiger partial charge in [0.2, 0.25) is 0 Å². The minimum atomic E-state index is -1.06. The molecule has 6 nitrogen and oxygen atoms in total. The van der Waals surface area contributed by atoms with Crippen molar-refractivity contribution in [1.29, 1.82) is 0 Å². The first-order valence-corrected chi connectivity index (χ1v) is 6.54. The van der Waals surface area contributed by atoms with Crippen LogP contribution in [0.4, 0.5) is 4.79 Å². The molecule has 1 aliphatic rings. The van der Waals surface area contributed by atoms with E-state index in [0.29, 0.717) is 5.92 Å². The van der Waals surface area contributed by atoms with Crippen LogP contribution in [0, 0.1) is 11.3 Å². The van der Waals surface area contributed by atoms with Crippen LogP contribution in [0.3, 0.4) is 0 Å². The summed E-state index contributed by atoms with van der Waals surface area (Å²) < 4.78 is 5.21. The molecule has 0 aliphatic carbocycles. The SMILES string of the molecule is CC(C)C(C)N(C)C(=O)NC1COCC1(C)C(=O)O. The van der Waals surface area contributed by atoms with Crippen LogP contribution < -0.4 is 5.32 Å². The van der Waals surface area contributed by atoms with Crippen molar-refractivity contribution in [2.75, 3.05) is 20.3 Å². The van der Waals surface area contributed by atoms with Crippen molar-refractivity contribution >= 4 is 12.0 Å². The van der Waals surface area contributed by atoms with E-state index in [0.717, 1.165) is 0 Å². The largest absolute Gasteiger partial charge is 0.481 e. The molecule has 0 aromatic heterocycles.